The predicted molar refractivity (Wildman–Crippen MR) is 82.6 cm³/mol. The van der Waals surface area contributed by atoms with Gasteiger partial charge in [0.15, 0.2) is 5.57 Å². The minimum atomic E-state index is -0.314. The number of aliphatic hydroxyl groups excluding tert-OH is 1. The van der Waals surface area contributed by atoms with Gasteiger partial charge in [0.25, 0.3) is 0 Å². The van der Waals surface area contributed by atoms with Gasteiger partial charge in [0.2, 0.25) is 0 Å². The number of furan rings is 1. The van der Waals surface area contributed by atoms with Crippen LogP contribution in [0.4, 0.5) is 5.69 Å². The van der Waals surface area contributed by atoms with Gasteiger partial charge in [0.1, 0.15) is 42.0 Å². The quantitative estimate of drug-likeness (QED) is 0.833. The fourth-order valence-electron chi connectivity index (χ4n) is 1.83. The number of nitrogens with one attached hydrogen (secondary N) is 1. The number of halogens is 1. The van der Waals surface area contributed by atoms with Crippen molar-refractivity contribution in [3.05, 3.63) is 52.4 Å². The van der Waals surface area contributed by atoms with Crippen molar-refractivity contribution in [3.63, 3.8) is 0 Å². The number of nitrogens with zero attached hydrogens (tertiary/aromatic N) is 3. The highest BCUT2D eigenvalue weighted by Crippen LogP contribution is 2.32. The van der Waals surface area contributed by atoms with Gasteiger partial charge in [-0.1, -0.05) is 11.6 Å². The summed E-state index contributed by atoms with van der Waals surface area (Å²) < 4.78 is 5.41. The zero-order chi connectivity index (χ0) is 16.8. The molecule has 7 heteroatoms. The first-order valence-electron chi connectivity index (χ1n) is 6.34. The smallest absolute Gasteiger partial charge is 0.163 e. The first-order valence-corrected chi connectivity index (χ1v) is 6.71. The van der Waals surface area contributed by atoms with E-state index in [1.807, 2.05) is 0 Å². The monoisotopic (exact) mass is 324 g/mol. The molecule has 0 bridgehead atoms. The third-order valence-electron chi connectivity index (χ3n) is 2.91. The van der Waals surface area contributed by atoms with Crippen molar-refractivity contribution in [2.75, 3.05) is 5.32 Å². The van der Waals surface area contributed by atoms with Gasteiger partial charge in [-0.15, -0.1) is 0 Å². The standard InChI is InChI=1S/C16H9ClN4O2/c17-14-5-11(21-15(8-20)10(6-18)7-19)1-3-13(14)16-4-2-12(9-22)23-16/h1-5,21-22H,9H2. The number of benzene rings is 1. The molecule has 0 atom stereocenters. The van der Waals surface area contributed by atoms with E-state index in [4.69, 9.17) is 36.9 Å². The van der Waals surface area contributed by atoms with E-state index < -0.39 is 0 Å². The molecule has 0 unspecified atom stereocenters. The summed E-state index contributed by atoms with van der Waals surface area (Å²) in [4.78, 5) is 0. The molecule has 0 spiro atoms. The number of rotatable bonds is 4. The van der Waals surface area contributed by atoms with E-state index in [2.05, 4.69) is 5.32 Å². The Morgan fingerprint density at radius 1 is 1.13 bits per heavy atom. The molecule has 0 amide bonds. The van der Waals surface area contributed by atoms with Crippen molar-refractivity contribution in [1.29, 1.82) is 15.8 Å². The second-order valence-electron chi connectivity index (χ2n) is 4.33. The van der Waals surface area contributed by atoms with Gasteiger partial charge in [-0.05, 0) is 30.3 Å². The molecule has 112 valence electrons. The second kappa shape index (κ2) is 7.15. The molecule has 2 rings (SSSR count). The molecular weight excluding hydrogens is 316 g/mol. The largest absolute Gasteiger partial charge is 0.459 e. The fraction of sp³-hybridized carbons (Fsp3) is 0.0625. The summed E-state index contributed by atoms with van der Waals surface area (Å²) >= 11 is 6.20. The van der Waals surface area contributed by atoms with Gasteiger partial charge in [-0.2, -0.15) is 15.8 Å². The first-order chi connectivity index (χ1) is 11.1. The van der Waals surface area contributed by atoms with Crippen molar-refractivity contribution in [3.8, 4) is 29.5 Å². The summed E-state index contributed by atoms with van der Waals surface area (Å²) in [6.45, 7) is -0.210. The third kappa shape index (κ3) is 3.51. The summed E-state index contributed by atoms with van der Waals surface area (Å²) in [5.74, 6) is 0.914. The molecule has 0 aliphatic heterocycles. The molecule has 2 aromatic rings. The summed E-state index contributed by atoms with van der Waals surface area (Å²) in [6.07, 6.45) is 0. The Kier molecular flexibility index (Phi) is 5.02. The average Bonchev–Trinajstić information content (AvgIpc) is 3.03. The fourth-order valence-corrected chi connectivity index (χ4v) is 2.10. The van der Waals surface area contributed by atoms with Gasteiger partial charge in [-0.3, -0.25) is 0 Å². The molecule has 6 nitrogen and oxygen atoms in total. The summed E-state index contributed by atoms with van der Waals surface area (Å²) in [7, 11) is 0. The topological polar surface area (TPSA) is 117 Å². The lowest BCUT2D eigenvalue weighted by molar-refractivity contribution is 0.248. The van der Waals surface area contributed by atoms with Gasteiger partial charge in [0.05, 0.1) is 5.02 Å². The van der Waals surface area contributed by atoms with Crippen LogP contribution in [0.2, 0.25) is 5.02 Å². The summed E-state index contributed by atoms with van der Waals surface area (Å²) in [5, 5.41) is 38.6. The lowest BCUT2D eigenvalue weighted by Crippen LogP contribution is -2.00. The first kappa shape index (κ1) is 16.1. The van der Waals surface area contributed by atoms with E-state index in [-0.39, 0.29) is 17.9 Å². The molecule has 0 saturated carbocycles. The van der Waals surface area contributed by atoms with Crippen LogP contribution in [0.15, 0.2) is 46.0 Å². The van der Waals surface area contributed by atoms with Gasteiger partial charge < -0.3 is 14.8 Å². The maximum absolute atomic E-state index is 9.01. The maximum atomic E-state index is 9.01. The Balaban J connectivity index is 2.34. The van der Waals surface area contributed by atoms with Crippen molar-refractivity contribution >= 4 is 17.3 Å². The third-order valence-corrected chi connectivity index (χ3v) is 3.22. The minimum absolute atomic E-state index is 0.153. The molecule has 0 fully saturated rings. The van der Waals surface area contributed by atoms with Crippen molar-refractivity contribution < 1.29 is 9.52 Å². The number of anilines is 1. The molecular formula is C16H9ClN4O2. The Hall–Kier alpha value is -3.24. The van der Waals surface area contributed by atoms with Crippen molar-refractivity contribution in [2.24, 2.45) is 0 Å². The van der Waals surface area contributed by atoms with Crippen LogP contribution in [-0.2, 0) is 6.61 Å². The second-order valence-corrected chi connectivity index (χ2v) is 4.74. The van der Waals surface area contributed by atoms with Crippen LogP contribution in [0.1, 0.15) is 5.76 Å². The molecule has 0 aliphatic carbocycles. The Morgan fingerprint density at radius 3 is 2.39 bits per heavy atom. The van der Waals surface area contributed by atoms with Crippen LogP contribution in [0, 0.1) is 34.0 Å². The minimum Gasteiger partial charge on any atom is -0.459 e. The van der Waals surface area contributed by atoms with E-state index in [0.717, 1.165) is 0 Å². The molecule has 0 aliphatic rings. The van der Waals surface area contributed by atoms with E-state index in [9.17, 15) is 0 Å². The van der Waals surface area contributed by atoms with Gasteiger partial charge in [-0.25, -0.2) is 0 Å². The lowest BCUT2D eigenvalue weighted by atomic mass is 10.1. The van der Waals surface area contributed by atoms with Crippen LogP contribution in [0.3, 0.4) is 0 Å². The molecule has 2 N–H and O–H groups in total. The van der Waals surface area contributed by atoms with Gasteiger partial charge in [0, 0.05) is 11.3 Å². The normalized spacial score (nSPS) is 9.35. The van der Waals surface area contributed by atoms with E-state index >= 15 is 0 Å². The van der Waals surface area contributed by atoms with Gasteiger partial charge >= 0.3 is 0 Å². The molecule has 23 heavy (non-hydrogen) atoms. The number of nitriles is 3. The van der Waals surface area contributed by atoms with Crippen LogP contribution >= 0.6 is 11.6 Å². The highest BCUT2D eigenvalue weighted by Gasteiger charge is 2.11. The highest BCUT2D eigenvalue weighted by atomic mass is 35.5. The molecule has 1 aromatic heterocycles. The van der Waals surface area contributed by atoms with Crippen molar-refractivity contribution in [1.82, 2.24) is 0 Å². The van der Waals surface area contributed by atoms with Crippen LogP contribution in [0.5, 0.6) is 0 Å². The SMILES string of the molecule is N#CC(C#N)=C(C#N)Nc1ccc(-c2ccc(CO)o2)c(Cl)c1. The Labute approximate surface area is 137 Å². The van der Waals surface area contributed by atoms with Crippen LogP contribution in [0.25, 0.3) is 11.3 Å². The number of hydrogen-bond donors (Lipinski definition) is 2. The van der Waals surface area contributed by atoms with E-state index in [1.165, 1.54) is 0 Å². The van der Waals surface area contributed by atoms with Crippen LogP contribution in [-0.4, -0.2) is 5.11 Å². The van der Waals surface area contributed by atoms with E-state index in [0.29, 0.717) is 27.8 Å². The zero-order valence-electron chi connectivity index (χ0n) is 11.7. The maximum Gasteiger partial charge on any atom is 0.163 e. The molecule has 1 heterocycles. The lowest BCUT2D eigenvalue weighted by Gasteiger charge is -2.07. The molecule has 1 aromatic carbocycles. The Morgan fingerprint density at radius 2 is 1.87 bits per heavy atom. The van der Waals surface area contributed by atoms with Crippen LogP contribution < -0.4 is 5.32 Å². The van der Waals surface area contributed by atoms with E-state index in [1.54, 1.807) is 48.5 Å². The predicted octanol–water partition coefficient (Wildman–Crippen LogP) is 3.33. The highest BCUT2D eigenvalue weighted by molar-refractivity contribution is 6.33. The molecule has 0 saturated heterocycles. The Bertz CT molecular complexity index is 878. The molecule has 0 radical (unpaired) electrons. The average molecular weight is 325 g/mol. The number of aliphatic hydroxyl groups is 1. The van der Waals surface area contributed by atoms with Crippen molar-refractivity contribution in [2.45, 2.75) is 6.61 Å². The summed E-state index contributed by atoms with van der Waals surface area (Å²) in [6, 6.07) is 13.2. The zero-order valence-corrected chi connectivity index (χ0v) is 12.4. The summed E-state index contributed by atoms with van der Waals surface area (Å²) in [5.41, 5.74) is 0.595. The number of hydrogen-bond acceptors (Lipinski definition) is 6. The number of allylic oxidation sites excluding steroid dienone is 2.